The summed E-state index contributed by atoms with van der Waals surface area (Å²) >= 11 is 13.1. The number of ether oxygens (including phenoxy) is 4. The number of hydrogen-bond acceptors (Lipinski definition) is 10. The summed E-state index contributed by atoms with van der Waals surface area (Å²) in [6.45, 7) is 6.34. The summed E-state index contributed by atoms with van der Waals surface area (Å²) in [5, 5.41) is 18.9. The van der Waals surface area contributed by atoms with Crippen LogP contribution in [0.15, 0.2) is 91.5 Å². The van der Waals surface area contributed by atoms with Crippen LogP contribution in [0.2, 0.25) is 10.0 Å². The van der Waals surface area contributed by atoms with E-state index < -0.39 is 0 Å². The maximum Gasteiger partial charge on any atom is 0.153 e. The van der Waals surface area contributed by atoms with Crippen LogP contribution in [0.4, 0.5) is 0 Å². The van der Waals surface area contributed by atoms with Gasteiger partial charge in [0.1, 0.15) is 60.7 Å². The molecule has 2 heterocycles. The number of aldehydes is 2. The first kappa shape index (κ1) is 39.0. The molecule has 0 aliphatic rings. The smallest absolute Gasteiger partial charge is 0.153 e. The Morgan fingerprint density at radius 3 is 1.70 bits per heavy atom. The zero-order chi connectivity index (χ0) is 39.8. The quantitative estimate of drug-likeness (QED) is 0.0979. The molecule has 0 saturated heterocycles. The summed E-state index contributed by atoms with van der Waals surface area (Å²) in [4.78, 5) is 31.8. The van der Waals surface area contributed by atoms with E-state index in [-0.39, 0.29) is 52.5 Å². The zero-order valence-electron chi connectivity index (χ0n) is 30.4. The van der Waals surface area contributed by atoms with Gasteiger partial charge < -0.3 is 18.9 Å². The molecule has 10 nitrogen and oxygen atoms in total. The molecule has 0 aliphatic heterocycles. The fourth-order valence-electron chi connectivity index (χ4n) is 5.90. The van der Waals surface area contributed by atoms with Crippen molar-refractivity contribution < 1.29 is 28.5 Å². The van der Waals surface area contributed by atoms with E-state index in [1.807, 2.05) is 63.2 Å². The Morgan fingerprint density at radius 2 is 1.12 bits per heavy atom. The third kappa shape index (κ3) is 8.80. The molecule has 12 heteroatoms. The molecule has 56 heavy (non-hydrogen) atoms. The van der Waals surface area contributed by atoms with Gasteiger partial charge in [0, 0.05) is 48.0 Å². The average molecular weight is 784 g/mol. The van der Waals surface area contributed by atoms with Crippen LogP contribution in [0.3, 0.4) is 0 Å². The molecule has 0 atom stereocenters. The van der Waals surface area contributed by atoms with Crippen molar-refractivity contribution in [2.45, 2.75) is 40.6 Å². The largest absolute Gasteiger partial charge is 0.488 e. The molecule has 4 aromatic carbocycles. The lowest BCUT2D eigenvalue weighted by atomic mass is 9.91. The summed E-state index contributed by atoms with van der Waals surface area (Å²) < 4.78 is 24.4. The Balaban J connectivity index is 1.19. The predicted molar refractivity (Wildman–Crippen MR) is 211 cm³/mol. The van der Waals surface area contributed by atoms with E-state index in [0.29, 0.717) is 52.1 Å². The van der Waals surface area contributed by atoms with E-state index in [1.165, 1.54) is 24.5 Å². The van der Waals surface area contributed by atoms with Crippen molar-refractivity contribution in [2.24, 2.45) is 0 Å². The number of benzene rings is 4. The maximum absolute atomic E-state index is 11.9. The van der Waals surface area contributed by atoms with Crippen molar-refractivity contribution in [2.75, 3.05) is 0 Å². The van der Waals surface area contributed by atoms with E-state index in [4.69, 9.17) is 42.1 Å². The van der Waals surface area contributed by atoms with E-state index in [9.17, 15) is 20.1 Å². The van der Waals surface area contributed by atoms with Crippen molar-refractivity contribution in [3.05, 3.63) is 157 Å². The highest BCUT2D eigenvalue weighted by Crippen LogP contribution is 2.40. The fourth-order valence-corrected chi connectivity index (χ4v) is 6.34. The van der Waals surface area contributed by atoms with Crippen LogP contribution < -0.4 is 18.9 Å². The second-order valence-corrected chi connectivity index (χ2v) is 13.5. The summed E-state index contributed by atoms with van der Waals surface area (Å²) in [5.41, 5.74) is 8.41. The molecule has 0 radical (unpaired) electrons. The molecule has 0 saturated carbocycles. The van der Waals surface area contributed by atoms with Crippen LogP contribution in [-0.4, -0.2) is 22.5 Å². The SMILES string of the molecule is Cc1c(COc2cc(OCc3cncc(C#N)c3)c(C=O)cc2Cl)cccc1-c1ccc(Oc2cc(OCc3cncc(C#N)c3)c(C=O)cc2Cl)c(C)c1C. The number of carbonyl (C=O) groups excluding carboxylic acids is 2. The molecule has 6 aromatic rings. The Hall–Kier alpha value is -6.72. The van der Waals surface area contributed by atoms with Crippen molar-refractivity contribution >= 4 is 35.8 Å². The van der Waals surface area contributed by atoms with Crippen LogP contribution >= 0.6 is 23.2 Å². The lowest BCUT2D eigenvalue weighted by Gasteiger charge is -2.19. The standard InChI is InChI=1S/C44H32Cl2N4O6/c1-26-27(2)40(56-44-14-42(35(22-52)12-39(44)46)54-24-32-10-30(16-48)18-50-20-32)8-7-37(26)36-6-4-5-33(28(36)3)25-55-43-13-41(34(21-51)11-38(43)45)53-23-31-9-29(15-47)17-49-19-31/h4-14,17-22H,23-25H2,1-3H3. The highest BCUT2D eigenvalue weighted by molar-refractivity contribution is 6.32. The third-order valence-electron chi connectivity index (χ3n) is 9.10. The minimum absolute atomic E-state index is 0.0775. The van der Waals surface area contributed by atoms with Crippen LogP contribution in [0.1, 0.15) is 65.2 Å². The predicted octanol–water partition coefficient (Wildman–Crippen LogP) is 10.3. The molecule has 0 amide bonds. The summed E-state index contributed by atoms with van der Waals surface area (Å²) in [6, 6.07) is 23.4. The lowest BCUT2D eigenvalue weighted by molar-refractivity contribution is 0.111. The monoisotopic (exact) mass is 782 g/mol. The summed E-state index contributed by atoms with van der Waals surface area (Å²) in [6.07, 6.45) is 7.40. The number of nitriles is 2. The number of halogens is 2. The van der Waals surface area contributed by atoms with Gasteiger partial charge in [0.05, 0.1) is 32.3 Å². The molecular weight excluding hydrogens is 751 g/mol. The van der Waals surface area contributed by atoms with Crippen molar-refractivity contribution in [1.82, 2.24) is 9.97 Å². The van der Waals surface area contributed by atoms with Gasteiger partial charge in [-0.25, -0.2) is 0 Å². The summed E-state index contributed by atoms with van der Waals surface area (Å²) in [7, 11) is 0. The highest BCUT2D eigenvalue weighted by Gasteiger charge is 2.18. The normalized spacial score (nSPS) is 10.6. The van der Waals surface area contributed by atoms with Crippen LogP contribution in [0.25, 0.3) is 11.1 Å². The maximum atomic E-state index is 11.9. The minimum atomic E-state index is 0.0775. The molecule has 0 N–H and O–H groups in total. The summed E-state index contributed by atoms with van der Waals surface area (Å²) in [5.74, 6) is 1.77. The second kappa shape index (κ2) is 17.6. The topological polar surface area (TPSA) is 144 Å². The molecule has 0 unspecified atom stereocenters. The van der Waals surface area contributed by atoms with Gasteiger partial charge in [-0.05, 0) is 84.5 Å². The van der Waals surface area contributed by atoms with Gasteiger partial charge in [-0.2, -0.15) is 10.5 Å². The molecule has 278 valence electrons. The molecular formula is C44H32Cl2N4O6. The van der Waals surface area contributed by atoms with Gasteiger partial charge in [0.25, 0.3) is 0 Å². The van der Waals surface area contributed by atoms with Gasteiger partial charge >= 0.3 is 0 Å². The van der Waals surface area contributed by atoms with Crippen LogP contribution in [-0.2, 0) is 19.8 Å². The third-order valence-corrected chi connectivity index (χ3v) is 9.69. The Bertz CT molecular complexity index is 2560. The van der Waals surface area contributed by atoms with Crippen molar-refractivity contribution in [3.8, 4) is 52.0 Å². The van der Waals surface area contributed by atoms with Gasteiger partial charge in [0.2, 0.25) is 0 Å². The van der Waals surface area contributed by atoms with Gasteiger partial charge in [-0.3, -0.25) is 19.6 Å². The second-order valence-electron chi connectivity index (χ2n) is 12.7. The van der Waals surface area contributed by atoms with Crippen molar-refractivity contribution in [1.29, 1.82) is 10.5 Å². The molecule has 0 aliphatic carbocycles. The highest BCUT2D eigenvalue weighted by atomic mass is 35.5. The number of rotatable bonds is 14. The van der Waals surface area contributed by atoms with E-state index in [0.717, 1.165) is 33.4 Å². The van der Waals surface area contributed by atoms with Crippen LogP contribution in [0, 0.1) is 43.4 Å². The lowest BCUT2D eigenvalue weighted by Crippen LogP contribution is -2.03. The molecule has 0 spiro atoms. The number of pyridine rings is 2. The molecule has 0 bridgehead atoms. The van der Waals surface area contributed by atoms with Crippen LogP contribution in [0.5, 0.6) is 28.7 Å². The van der Waals surface area contributed by atoms with Crippen molar-refractivity contribution in [3.63, 3.8) is 0 Å². The molecule has 6 rings (SSSR count). The first-order valence-corrected chi connectivity index (χ1v) is 17.9. The first-order valence-electron chi connectivity index (χ1n) is 17.1. The fraction of sp³-hybridized carbons (Fsp3) is 0.136. The van der Waals surface area contributed by atoms with E-state index >= 15 is 0 Å². The molecule has 0 fully saturated rings. The van der Waals surface area contributed by atoms with E-state index in [2.05, 4.69) is 9.97 Å². The Kier molecular flexibility index (Phi) is 12.3. The Morgan fingerprint density at radius 1 is 0.589 bits per heavy atom. The van der Waals surface area contributed by atoms with Gasteiger partial charge in [-0.15, -0.1) is 0 Å². The first-order chi connectivity index (χ1) is 27.1. The number of hydrogen-bond donors (Lipinski definition) is 0. The molecule has 2 aromatic heterocycles. The van der Waals surface area contributed by atoms with Gasteiger partial charge in [-0.1, -0.05) is 47.5 Å². The average Bonchev–Trinajstić information content (AvgIpc) is 3.22. The zero-order valence-corrected chi connectivity index (χ0v) is 31.9. The Labute approximate surface area is 333 Å². The minimum Gasteiger partial charge on any atom is -0.488 e. The number of carbonyl (C=O) groups is 2. The number of aromatic nitrogens is 2. The van der Waals surface area contributed by atoms with Gasteiger partial charge in [0.15, 0.2) is 12.6 Å². The number of nitrogens with zero attached hydrogens (tertiary/aromatic N) is 4. The van der Waals surface area contributed by atoms with E-state index in [1.54, 1.807) is 36.7 Å².